The van der Waals surface area contributed by atoms with E-state index in [4.69, 9.17) is 23.0 Å². The number of benzene rings is 5. The van der Waals surface area contributed by atoms with Crippen molar-refractivity contribution in [1.29, 1.82) is 0 Å². The van der Waals surface area contributed by atoms with Gasteiger partial charge in [0, 0.05) is 50.0 Å². The van der Waals surface area contributed by atoms with Crippen LogP contribution >= 0.6 is 0 Å². The number of ether oxygens (including phenoxy) is 3. The molecule has 0 bridgehead atoms. The number of carbonyl (C=O) groups excluding carboxylic acids is 1. The van der Waals surface area contributed by atoms with Crippen LogP contribution in [0.2, 0.25) is 0 Å². The van der Waals surface area contributed by atoms with E-state index in [1.54, 1.807) is 0 Å². The topological polar surface area (TPSA) is 137 Å². The Labute approximate surface area is 387 Å². The first-order valence-electron chi connectivity index (χ1n) is 22.8. The van der Waals surface area contributed by atoms with Gasteiger partial charge in [0.15, 0.2) is 0 Å². The van der Waals surface area contributed by atoms with E-state index in [0.717, 1.165) is 77.0 Å². The zero-order valence-corrected chi connectivity index (χ0v) is 38.1. The van der Waals surface area contributed by atoms with Gasteiger partial charge in [-0.1, -0.05) is 91.0 Å². The molecular formula is C55H59N3O8. The summed E-state index contributed by atoms with van der Waals surface area (Å²) in [6, 6.07) is 46.0. The van der Waals surface area contributed by atoms with Crippen LogP contribution in [0.25, 0.3) is 22.9 Å². The fourth-order valence-electron chi connectivity index (χ4n) is 8.10. The first-order valence-corrected chi connectivity index (χ1v) is 22.8. The number of rotatable bonds is 20. The molecule has 0 amide bonds. The van der Waals surface area contributed by atoms with Crippen LogP contribution in [0.5, 0.6) is 11.5 Å². The van der Waals surface area contributed by atoms with Crippen LogP contribution < -0.4 is 9.47 Å². The Morgan fingerprint density at radius 3 is 1.59 bits per heavy atom. The van der Waals surface area contributed by atoms with E-state index in [9.17, 15) is 14.7 Å². The van der Waals surface area contributed by atoms with E-state index in [1.165, 1.54) is 11.1 Å². The largest absolute Gasteiger partial charge is 0.493 e. The molecule has 1 fully saturated rings. The van der Waals surface area contributed by atoms with Crippen LogP contribution in [-0.2, 0) is 46.6 Å². The summed E-state index contributed by atoms with van der Waals surface area (Å²) in [5, 5.41) is 9.79. The monoisotopic (exact) mass is 889 g/mol. The zero-order valence-electron chi connectivity index (χ0n) is 38.1. The predicted octanol–water partition coefficient (Wildman–Crippen LogP) is 10.8. The molecule has 66 heavy (non-hydrogen) atoms. The number of oxazole rings is 2. The molecule has 0 radical (unpaired) electrons. The zero-order chi connectivity index (χ0) is 46.1. The number of aryl methyl sites for hydroxylation is 4. The summed E-state index contributed by atoms with van der Waals surface area (Å²) in [5.74, 6) is 3.50. The SMILES string of the molecule is CCOC(=O)CCc1ccc(OCCc2nc(-c3ccccc3)oc2C)cc1.Cc1oc(-c2ccccc2)nc1CCOc1ccc(CC[C@@H]2CN(Cc3ccccc3)C[C@@H]2C(=O)O)cc1. The molecule has 0 aliphatic carbocycles. The number of carboxylic acid groups (broad SMARTS) is 1. The van der Waals surface area contributed by atoms with Crippen LogP contribution in [-0.4, -0.2) is 64.8 Å². The lowest BCUT2D eigenvalue weighted by atomic mass is 9.90. The molecule has 0 unspecified atom stereocenters. The van der Waals surface area contributed by atoms with Crippen molar-refractivity contribution in [3.05, 3.63) is 179 Å². The smallest absolute Gasteiger partial charge is 0.308 e. The molecule has 1 aliphatic heterocycles. The summed E-state index contributed by atoms with van der Waals surface area (Å²) in [5.41, 5.74) is 7.26. The van der Waals surface area contributed by atoms with Crippen molar-refractivity contribution in [3.8, 4) is 34.4 Å². The van der Waals surface area contributed by atoms with Gasteiger partial charge < -0.3 is 28.2 Å². The van der Waals surface area contributed by atoms with E-state index in [-0.39, 0.29) is 17.8 Å². The first kappa shape index (κ1) is 47.0. The summed E-state index contributed by atoms with van der Waals surface area (Å²) < 4.78 is 28.4. The number of carboxylic acids is 1. The Morgan fingerprint density at radius 1 is 0.621 bits per heavy atom. The lowest BCUT2D eigenvalue weighted by Gasteiger charge is -2.16. The molecule has 5 aromatic carbocycles. The van der Waals surface area contributed by atoms with Crippen molar-refractivity contribution >= 4 is 11.9 Å². The van der Waals surface area contributed by atoms with Crippen molar-refractivity contribution in [3.63, 3.8) is 0 Å². The molecular weight excluding hydrogens is 831 g/mol. The highest BCUT2D eigenvalue weighted by atomic mass is 16.5. The molecule has 11 nitrogen and oxygen atoms in total. The van der Waals surface area contributed by atoms with Crippen LogP contribution in [0, 0.1) is 25.7 Å². The summed E-state index contributed by atoms with van der Waals surface area (Å²) >= 11 is 0. The molecule has 11 heteroatoms. The quantitative estimate of drug-likeness (QED) is 0.0732. The Morgan fingerprint density at radius 2 is 1.11 bits per heavy atom. The van der Waals surface area contributed by atoms with E-state index in [0.29, 0.717) is 63.8 Å². The Balaban J connectivity index is 0.000000206. The van der Waals surface area contributed by atoms with Gasteiger partial charge in [0.1, 0.15) is 23.0 Å². The third-order valence-corrected chi connectivity index (χ3v) is 11.7. The number of aliphatic carboxylic acids is 1. The molecule has 2 aromatic heterocycles. The second kappa shape index (κ2) is 23.8. The van der Waals surface area contributed by atoms with Crippen molar-refractivity contribution in [2.45, 2.75) is 65.8 Å². The lowest BCUT2D eigenvalue weighted by molar-refractivity contribution is -0.143. The van der Waals surface area contributed by atoms with Gasteiger partial charge in [-0.25, -0.2) is 9.97 Å². The number of aromatic nitrogens is 2. The predicted molar refractivity (Wildman–Crippen MR) is 254 cm³/mol. The highest BCUT2D eigenvalue weighted by molar-refractivity contribution is 5.71. The van der Waals surface area contributed by atoms with Crippen molar-refractivity contribution in [2.75, 3.05) is 32.9 Å². The highest BCUT2D eigenvalue weighted by Crippen LogP contribution is 2.30. The number of esters is 1. The van der Waals surface area contributed by atoms with Crippen LogP contribution in [0.3, 0.4) is 0 Å². The van der Waals surface area contributed by atoms with E-state index < -0.39 is 5.97 Å². The normalized spacial score (nSPS) is 14.6. The van der Waals surface area contributed by atoms with Gasteiger partial charge in [-0.3, -0.25) is 14.5 Å². The molecule has 7 aromatic rings. The maximum Gasteiger partial charge on any atom is 0.308 e. The van der Waals surface area contributed by atoms with Crippen LogP contribution in [0.4, 0.5) is 0 Å². The summed E-state index contributed by atoms with van der Waals surface area (Å²) in [6.07, 6.45) is 4.11. The Kier molecular flexibility index (Phi) is 17.0. The standard InChI is InChI=1S/C32H34N2O4.C23H25NO4/c1-23-30(33-31(38-23)26-10-6-3-7-11-26)18-19-37-28-16-13-24(14-17-28)12-15-27-21-34(22-29(27)32(35)36)20-25-8-4-2-5-9-25;1-3-26-22(25)14-11-18-9-12-20(13-10-18)27-16-15-21-17(2)28-23(24-21)19-7-5-4-6-8-19/h2-11,13-14,16-17,27,29H,12,15,18-22H2,1H3,(H,35,36);4-10,12-13H,3,11,14-16H2,1-2H3/t27-,29+;/m1./s1. The molecule has 1 saturated heterocycles. The van der Waals surface area contributed by atoms with Gasteiger partial charge in [0.2, 0.25) is 11.8 Å². The van der Waals surface area contributed by atoms with Gasteiger partial charge in [-0.15, -0.1) is 0 Å². The third kappa shape index (κ3) is 13.8. The maximum atomic E-state index is 11.9. The number of hydrogen-bond acceptors (Lipinski definition) is 10. The van der Waals surface area contributed by atoms with Crippen molar-refractivity contribution in [1.82, 2.24) is 14.9 Å². The first-order chi connectivity index (χ1) is 32.2. The fourth-order valence-corrected chi connectivity index (χ4v) is 8.10. The van der Waals surface area contributed by atoms with E-state index >= 15 is 0 Å². The van der Waals surface area contributed by atoms with Gasteiger partial charge in [-0.05, 0) is 111 Å². The van der Waals surface area contributed by atoms with Crippen LogP contribution in [0.1, 0.15) is 59.4 Å². The van der Waals surface area contributed by atoms with Crippen LogP contribution in [0.15, 0.2) is 148 Å². The van der Waals surface area contributed by atoms with Crippen molar-refractivity contribution < 1.29 is 37.7 Å². The van der Waals surface area contributed by atoms with Crippen molar-refractivity contribution in [2.24, 2.45) is 11.8 Å². The molecule has 0 spiro atoms. The average Bonchev–Trinajstić information content (AvgIpc) is 4.05. The summed E-state index contributed by atoms with van der Waals surface area (Å²) in [7, 11) is 0. The molecule has 3 heterocycles. The number of nitrogens with zero attached hydrogens (tertiary/aromatic N) is 3. The minimum atomic E-state index is -0.687. The van der Waals surface area contributed by atoms with E-state index in [1.807, 2.05) is 136 Å². The van der Waals surface area contributed by atoms with Gasteiger partial charge in [0.05, 0.1) is 37.1 Å². The second-order valence-electron chi connectivity index (χ2n) is 16.5. The molecule has 1 N–H and O–H groups in total. The molecule has 8 rings (SSSR count). The van der Waals surface area contributed by atoms with E-state index in [2.05, 4.69) is 39.1 Å². The Hall–Kier alpha value is -6.98. The molecule has 2 atom stereocenters. The summed E-state index contributed by atoms with van der Waals surface area (Å²) in [6.45, 7) is 9.35. The minimum absolute atomic E-state index is 0.151. The maximum absolute atomic E-state index is 11.9. The fraction of sp³-hybridized carbons (Fsp3) is 0.309. The number of carbonyl (C=O) groups is 2. The van der Waals surface area contributed by atoms with Gasteiger partial charge in [0.25, 0.3) is 0 Å². The Bertz CT molecular complexity index is 2560. The minimum Gasteiger partial charge on any atom is -0.493 e. The lowest BCUT2D eigenvalue weighted by Crippen LogP contribution is -2.23. The number of likely N-dealkylation sites (tertiary alicyclic amines) is 1. The average molecular weight is 890 g/mol. The second-order valence-corrected chi connectivity index (χ2v) is 16.5. The highest BCUT2D eigenvalue weighted by Gasteiger charge is 2.37. The van der Waals surface area contributed by atoms with Gasteiger partial charge >= 0.3 is 11.9 Å². The molecule has 342 valence electrons. The number of hydrogen-bond donors (Lipinski definition) is 1. The van der Waals surface area contributed by atoms with Gasteiger partial charge in [-0.2, -0.15) is 0 Å². The third-order valence-electron chi connectivity index (χ3n) is 11.7. The molecule has 0 saturated carbocycles. The summed E-state index contributed by atoms with van der Waals surface area (Å²) in [4.78, 5) is 34.8. The molecule has 1 aliphatic rings.